The number of hydrogen-bond acceptors (Lipinski definition) is 5. The van der Waals surface area contributed by atoms with Crippen LogP contribution in [0.4, 0.5) is 5.69 Å². The van der Waals surface area contributed by atoms with E-state index < -0.39 is 0 Å². The lowest BCUT2D eigenvalue weighted by Crippen LogP contribution is -2.31. The van der Waals surface area contributed by atoms with Gasteiger partial charge in [0, 0.05) is 6.07 Å². The van der Waals surface area contributed by atoms with Crippen molar-refractivity contribution >= 4 is 34.6 Å². The maximum absolute atomic E-state index is 13.2. The second-order valence-corrected chi connectivity index (χ2v) is 8.28. The van der Waals surface area contributed by atoms with E-state index in [2.05, 4.69) is 37.0 Å². The molecule has 0 bridgehead atoms. The van der Waals surface area contributed by atoms with E-state index in [9.17, 15) is 10.1 Å². The number of rotatable bonds is 5. The first kappa shape index (κ1) is 20.7. The third-order valence-electron chi connectivity index (χ3n) is 4.51. The number of nitriles is 1. The molecule has 0 N–H and O–H groups in total. The highest BCUT2D eigenvalue weighted by Crippen LogP contribution is 2.32. The summed E-state index contributed by atoms with van der Waals surface area (Å²) < 4.78 is 5.29. The van der Waals surface area contributed by atoms with Gasteiger partial charge in [-0.15, -0.1) is 0 Å². The molecule has 0 aliphatic carbocycles. The highest BCUT2D eigenvalue weighted by Gasteiger charge is 2.33. The second-order valence-electron chi connectivity index (χ2n) is 6.98. The van der Waals surface area contributed by atoms with Gasteiger partial charge in [-0.1, -0.05) is 55.9 Å². The van der Waals surface area contributed by atoms with Crippen molar-refractivity contribution in [3.05, 3.63) is 65.4 Å². The lowest BCUT2D eigenvalue weighted by molar-refractivity contribution is -0.113. The Kier molecular flexibility index (Phi) is 6.40. The maximum Gasteiger partial charge on any atom is 0.283 e. The average Bonchev–Trinajstić information content (AvgIpc) is 3.02. The van der Waals surface area contributed by atoms with Gasteiger partial charge in [0.25, 0.3) is 5.91 Å². The summed E-state index contributed by atoms with van der Waals surface area (Å²) in [4.78, 5) is 19.3. The summed E-state index contributed by atoms with van der Waals surface area (Å²) in [6.07, 6.45) is 1.78. The van der Waals surface area contributed by atoms with E-state index in [0.717, 1.165) is 5.56 Å². The third-order valence-corrected chi connectivity index (χ3v) is 5.46. The van der Waals surface area contributed by atoms with Crippen molar-refractivity contribution < 1.29 is 9.53 Å². The summed E-state index contributed by atoms with van der Waals surface area (Å²) in [5.74, 6) is 0.871. The van der Waals surface area contributed by atoms with Crippen LogP contribution in [0.15, 0.2) is 59.2 Å². The van der Waals surface area contributed by atoms with Crippen molar-refractivity contribution in [3.8, 4) is 11.8 Å². The second kappa shape index (κ2) is 8.97. The molecular formula is C23H23N3O2S. The van der Waals surface area contributed by atoms with Crippen LogP contribution in [0, 0.1) is 11.3 Å². The molecule has 2 aromatic carbocycles. The average molecular weight is 406 g/mol. The lowest BCUT2D eigenvalue weighted by Gasteiger charge is -2.18. The van der Waals surface area contributed by atoms with Gasteiger partial charge in [0.05, 0.1) is 24.1 Å². The van der Waals surface area contributed by atoms with E-state index >= 15 is 0 Å². The molecule has 3 rings (SSSR count). The predicted molar refractivity (Wildman–Crippen MR) is 119 cm³/mol. The summed E-state index contributed by atoms with van der Waals surface area (Å²) in [6.45, 7) is 6.07. The molecular weight excluding hydrogens is 382 g/mol. The first-order valence-corrected chi connectivity index (χ1v) is 10.3. The minimum atomic E-state index is -0.334. The van der Waals surface area contributed by atoms with Gasteiger partial charge in [0.15, 0.2) is 5.17 Å². The molecule has 148 valence electrons. The van der Waals surface area contributed by atoms with Gasteiger partial charge < -0.3 is 4.74 Å². The van der Waals surface area contributed by atoms with Crippen LogP contribution in [-0.4, -0.2) is 23.4 Å². The SMILES string of the molecule is COc1cccc(N2C(=O)/C(=C\c3ccc(C(C)C)cc3)N=C2S[C@@H](C)C#N)c1. The van der Waals surface area contributed by atoms with E-state index in [-0.39, 0.29) is 11.2 Å². The largest absolute Gasteiger partial charge is 0.497 e. The fraction of sp³-hybridized carbons (Fsp3) is 0.261. The minimum absolute atomic E-state index is 0.223. The van der Waals surface area contributed by atoms with E-state index in [1.807, 2.05) is 30.3 Å². The number of nitrogens with zero attached hydrogens (tertiary/aromatic N) is 3. The van der Waals surface area contributed by atoms with Gasteiger partial charge >= 0.3 is 0 Å². The van der Waals surface area contributed by atoms with E-state index in [1.54, 1.807) is 26.2 Å². The highest BCUT2D eigenvalue weighted by atomic mass is 32.2. The third kappa shape index (κ3) is 4.69. The topological polar surface area (TPSA) is 65.7 Å². The van der Waals surface area contributed by atoms with Crippen molar-refractivity contribution in [1.29, 1.82) is 5.26 Å². The van der Waals surface area contributed by atoms with Crippen LogP contribution in [-0.2, 0) is 4.79 Å². The molecule has 1 heterocycles. The molecule has 1 amide bonds. The first-order valence-electron chi connectivity index (χ1n) is 9.38. The molecule has 6 heteroatoms. The molecule has 0 saturated heterocycles. The number of carbonyl (C=O) groups excluding carboxylic acids is 1. The Morgan fingerprint density at radius 1 is 1.17 bits per heavy atom. The Bertz CT molecular complexity index is 1000. The zero-order chi connectivity index (χ0) is 21.0. The summed E-state index contributed by atoms with van der Waals surface area (Å²) in [5.41, 5.74) is 3.15. The quantitative estimate of drug-likeness (QED) is 0.641. The van der Waals surface area contributed by atoms with E-state index in [0.29, 0.717) is 28.2 Å². The zero-order valence-corrected chi connectivity index (χ0v) is 17.7. The van der Waals surface area contributed by atoms with Gasteiger partial charge in [-0.2, -0.15) is 5.26 Å². The van der Waals surface area contributed by atoms with Crippen LogP contribution in [0.3, 0.4) is 0 Å². The van der Waals surface area contributed by atoms with Gasteiger partial charge in [-0.25, -0.2) is 4.99 Å². The van der Waals surface area contributed by atoms with Crippen LogP contribution < -0.4 is 9.64 Å². The van der Waals surface area contributed by atoms with Crippen LogP contribution in [0.1, 0.15) is 37.8 Å². The smallest absolute Gasteiger partial charge is 0.283 e. The summed E-state index contributed by atoms with van der Waals surface area (Å²) >= 11 is 1.26. The Morgan fingerprint density at radius 2 is 1.90 bits per heavy atom. The molecule has 1 atom stereocenters. The number of methoxy groups -OCH3 is 1. The number of amidine groups is 1. The molecule has 0 spiro atoms. The number of amides is 1. The van der Waals surface area contributed by atoms with E-state index in [1.165, 1.54) is 22.2 Å². The van der Waals surface area contributed by atoms with Crippen LogP contribution >= 0.6 is 11.8 Å². The number of hydrogen-bond donors (Lipinski definition) is 0. The lowest BCUT2D eigenvalue weighted by atomic mass is 10.0. The molecule has 0 fully saturated rings. The van der Waals surface area contributed by atoms with Gasteiger partial charge in [0.2, 0.25) is 0 Å². The maximum atomic E-state index is 13.2. The van der Waals surface area contributed by atoms with Gasteiger partial charge in [-0.3, -0.25) is 9.69 Å². The molecule has 0 saturated carbocycles. The zero-order valence-electron chi connectivity index (χ0n) is 16.9. The molecule has 0 unspecified atom stereocenters. The van der Waals surface area contributed by atoms with Crippen molar-refractivity contribution in [3.63, 3.8) is 0 Å². The standard InChI is InChI=1S/C23H23N3O2S/c1-15(2)18-10-8-17(9-11-18)12-21-22(27)26(23(25-21)29-16(3)14-24)19-6-5-7-20(13-19)28-4/h5-13,15-16H,1-4H3/b21-12+/t16-/m0/s1. The van der Waals surface area contributed by atoms with Crippen molar-refractivity contribution in [2.24, 2.45) is 4.99 Å². The number of aliphatic imine (C=N–C) groups is 1. The summed E-state index contributed by atoms with van der Waals surface area (Å²) in [5, 5.41) is 9.36. The molecule has 1 aliphatic heterocycles. The fourth-order valence-corrected chi connectivity index (χ4v) is 3.69. The fourth-order valence-electron chi connectivity index (χ4n) is 2.87. The summed E-state index contributed by atoms with van der Waals surface area (Å²) in [6, 6.07) is 17.5. The predicted octanol–water partition coefficient (Wildman–Crippen LogP) is 5.21. The molecule has 0 radical (unpaired) electrons. The Labute approximate surface area is 175 Å². The van der Waals surface area contributed by atoms with Crippen molar-refractivity contribution in [2.75, 3.05) is 12.0 Å². The molecule has 29 heavy (non-hydrogen) atoms. The monoisotopic (exact) mass is 405 g/mol. The Morgan fingerprint density at radius 3 is 2.52 bits per heavy atom. The minimum Gasteiger partial charge on any atom is -0.497 e. The number of thioether (sulfide) groups is 1. The first-order chi connectivity index (χ1) is 13.9. The van der Waals surface area contributed by atoms with E-state index in [4.69, 9.17) is 4.74 Å². The number of carbonyl (C=O) groups is 1. The van der Waals surface area contributed by atoms with Gasteiger partial charge in [0.1, 0.15) is 11.4 Å². The van der Waals surface area contributed by atoms with Crippen LogP contribution in [0.25, 0.3) is 6.08 Å². The summed E-state index contributed by atoms with van der Waals surface area (Å²) in [7, 11) is 1.58. The normalized spacial score (nSPS) is 16.1. The number of ether oxygens (including phenoxy) is 1. The molecule has 5 nitrogen and oxygen atoms in total. The van der Waals surface area contributed by atoms with Crippen molar-refractivity contribution in [2.45, 2.75) is 31.9 Å². The van der Waals surface area contributed by atoms with Gasteiger partial charge in [-0.05, 0) is 42.2 Å². The van der Waals surface area contributed by atoms with Crippen LogP contribution in [0.2, 0.25) is 0 Å². The Balaban J connectivity index is 1.98. The molecule has 0 aromatic heterocycles. The number of anilines is 1. The van der Waals surface area contributed by atoms with Crippen molar-refractivity contribution in [1.82, 2.24) is 0 Å². The molecule has 2 aromatic rings. The molecule has 1 aliphatic rings. The number of benzene rings is 2. The Hall–Kier alpha value is -3.04. The highest BCUT2D eigenvalue weighted by molar-refractivity contribution is 8.15. The van der Waals surface area contributed by atoms with Crippen LogP contribution in [0.5, 0.6) is 5.75 Å².